The van der Waals surface area contributed by atoms with Gasteiger partial charge in [-0.15, -0.1) is 0 Å². The smallest absolute Gasteiger partial charge is 0.308 e. The van der Waals surface area contributed by atoms with Crippen LogP contribution < -0.4 is 11.1 Å². The molecule has 0 aromatic carbocycles. The highest BCUT2D eigenvalue weighted by Crippen LogP contribution is 2.46. The number of hydrogen-bond acceptors (Lipinski definition) is 20. The molecule has 7 rings (SSSR count). The van der Waals surface area contributed by atoms with Crippen molar-refractivity contribution in [2.45, 2.75) is 186 Å². The van der Waals surface area contributed by atoms with Crippen LogP contribution in [0.5, 0.6) is 0 Å². The van der Waals surface area contributed by atoms with Crippen molar-refractivity contribution in [3.63, 3.8) is 0 Å². The largest absolute Gasteiger partial charge is 0.456 e. The Morgan fingerprint density at radius 3 is 1.54 bits per heavy atom. The van der Waals surface area contributed by atoms with E-state index >= 15 is 0 Å². The number of ether oxygens (including phenoxy) is 10. The maximum atomic E-state index is 12.6. The molecular weight excluding hydrogens is 889 g/mol. The van der Waals surface area contributed by atoms with E-state index in [2.05, 4.69) is 21.2 Å². The number of amides is 1. The first-order valence-corrected chi connectivity index (χ1v) is 24.4. The van der Waals surface area contributed by atoms with E-state index in [4.69, 9.17) is 53.1 Å². The average molecular weight is 965 g/mol. The molecule has 21 nitrogen and oxygen atoms in total. The molecule has 0 aliphatic carbocycles. The summed E-state index contributed by atoms with van der Waals surface area (Å²) in [6.07, 6.45) is 0.244. The number of rotatable bonds is 13. The van der Waals surface area contributed by atoms with Gasteiger partial charge in [0.2, 0.25) is 17.5 Å². The second-order valence-electron chi connectivity index (χ2n) is 20.7. The molecule has 7 aliphatic rings. The van der Waals surface area contributed by atoms with Crippen molar-refractivity contribution in [3.05, 3.63) is 0 Å². The second kappa shape index (κ2) is 22.2. The van der Waals surface area contributed by atoms with Crippen molar-refractivity contribution in [1.82, 2.24) is 20.0 Å². The molecule has 0 aromatic heterocycles. The molecule has 7 aliphatic heterocycles. The van der Waals surface area contributed by atoms with Gasteiger partial charge in [-0.2, -0.15) is 5.26 Å². The Morgan fingerprint density at radius 1 is 0.691 bits per heavy atom. The number of nitrogens with two attached hydrogens (primary N) is 1. The van der Waals surface area contributed by atoms with Gasteiger partial charge in [0.15, 0.2) is 48.2 Å². The molecule has 0 spiro atoms. The summed E-state index contributed by atoms with van der Waals surface area (Å²) < 4.78 is 59.8. The number of esters is 4. The molecule has 0 unspecified atom stereocenters. The Hall–Kier alpha value is -3.56. The zero-order valence-electron chi connectivity index (χ0n) is 41.7. The highest BCUT2D eigenvalue weighted by Gasteiger charge is 2.65. The van der Waals surface area contributed by atoms with Crippen LogP contribution >= 0.6 is 0 Å². The van der Waals surface area contributed by atoms with Crippen LogP contribution in [-0.2, 0) is 71.3 Å². The van der Waals surface area contributed by atoms with Gasteiger partial charge >= 0.3 is 23.9 Å². The molecule has 7 fully saturated rings. The summed E-state index contributed by atoms with van der Waals surface area (Å²) in [6.45, 7) is 21.6. The Kier molecular flexibility index (Phi) is 17.6. The summed E-state index contributed by atoms with van der Waals surface area (Å²) in [4.78, 5) is 67.1. The van der Waals surface area contributed by atoms with Crippen molar-refractivity contribution in [1.29, 1.82) is 5.26 Å². The lowest BCUT2D eigenvalue weighted by Crippen LogP contribution is -2.65. The zero-order chi connectivity index (χ0) is 49.8. The molecule has 0 radical (unpaired) electrons. The molecule has 0 aromatic rings. The fraction of sp³-hybridized carbons (Fsp3) is 0.872. The van der Waals surface area contributed by atoms with E-state index in [1.165, 1.54) is 13.8 Å². The fourth-order valence-electron chi connectivity index (χ4n) is 10.0. The minimum absolute atomic E-state index is 0.00662. The van der Waals surface area contributed by atoms with Gasteiger partial charge in [-0.25, -0.2) is 0 Å². The lowest BCUT2D eigenvalue weighted by Gasteiger charge is -2.46. The van der Waals surface area contributed by atoms with Crippen LogP contribution in [0.25, 0.3) is 0 Å². The molecule has 0 saturated carbocycles. The molecule has 21 heteroatoms. The van der Waals surface area contributed by atoms with E-state index in [1.807, 2.05) is 0 Å². The Morgan fingerprint density at radius 2 is 1.13 bits per heavy atom. The first-order chi connectivity index (χ1) is 31.9. The minimum atomic E-state index is -1.21. The minimum Gasteiger partial charge on any atom is -0.456 e. The highest BCUT2D eigenvalue weighted by atomic mass is 16.9. The van der Waals surface area contributed by atoms with Crippen molar-refractivity contribution >= 4 is 29.8 Å². The monoisotopic (exact) mass is 965 g/mol. The molecule has 1 amide bonds. The van der Waals surface area contributed by atoms with Gasteiger partial charge in [-0.1, -0.05) is 27.7 Å². The lowest BCUT2D eigenvalue weighted by atomic mass is 9.94. The normalized spacial score (nSPS) is 34.0. The predicted molar refractivity (Wildman–Crippen MR) is 239 cm³/mol. The van der Waals surface area contributed by atoms with Crippen LogP contribution in [-0.4, -0.2) is 188 Å². The molecule has 68 heavy (non-hydrogen) atoms. The van der Waals surface area contributed by atoms with Gasteiger partial charge in [0, 0.05) is 32.5 Å². The second-order valence-corrected chi connectivity index (χ2v) is 20.7. The summed E-state index contributed by atoms with van der Waals surface area (Å²) in [5.41, 5.74) is 6.02. The fourth-order valence-corrected chi connectivity index (χ4v) is 10.0. The SMILES string of the molecule is CC(=O)O[C@@H]1[C@H](OC(=O)C(C)C)CO[C@@]2(CN3CCC(N)CC3)OC(C)(C)O[C@@H]12.CC(=O)O[C@@H]1[C@H](OC(=O)C(C)C)CO[C@@]2(CN3CCC(NCC(=O)N4CCC[C@H]4C#N)CC3)OC(C)(C)O[C@@H]12. The van der Waals surface area contributed by atoms with Crippen LogP contribution in [0.1, 0.15) is 108 Å². The summed E-state index contributed by atoms with van der Waals surface area (Å²) in [6, 6.07) is 2.29. The average Bonchev–Trinajstić information content (AvgIpc) is 3.93. The van der Waals surface area contributed by atoms with Crippen LogP contribution in [0.2, 0.25) is 0 Å². The molecule has 9 atom stereocenters. The van der Waals surface area contributed by atoms with Crippen LogP contribution in [0, 0.1) is 23.2 Å². The van der Waals surface area contributed by atoms with Crippen LogP contribution in [0.4, 0.5) is 0 Å². The van der Waals surface area contributed by atoms with Gasteiger partial charge in [0.05, 0.1) is 50.8 Å². The molecule has 0 bridgehead atoms. The third-order valence-electron chi connectivity index (χ3n) is 13.3. The van der Waals surface area contributed by atoms with Gasteiger partial charge < -0.3 is 63.3 Å². The number of carbonyl (C=O) groups excluding carboxylic acids is 5. The first-order valence-electron chi connectivity index (χ1n) is 24.4. The lowest BCUT2D eigenvalue weighted by molar-refractivity contribution is -0.301. The molecular formula is C47H76N6O15. The number of piperidine rings is 2. The maximum Gasteiger partial charge on any atom is 0.308 e. The van der Waals surface area contributed by atoms with Gasteiger partial charge in [-0.05, 0) is 92.4 Å². The maximum absolute atomic E-state index is 12.6. The van der Waals surface area contributed by atoms with Crippen molar-refractivity contribution in [2.24, 2.45) is 17.6 Å². The summed E-state index contributed by atoms with van der Waals surface area (Å²) in [5.74, 6) is -6.73. The Bertz CT molecular complexity index is 1830. The number of fused-ring (bicyclic) bond motifs is 2. The van der Waals surface area contributed by atoms with E-state index in [0.29, 0.717) is 19.6 Å². The number of nitriles is 1. The van der Waals surface area contributed by atoms with Gasteiger partial charge in [0.25, 0.3) is 0 Å². The quantitative estimate of drug-likeness (QED) is 0.197. The van der Waals surface area contributed by atoms with E-state index in [0.717, 1.165) is 64.7 Å². The summed E-state index contributed by atoms with van der Waals surface area (Å²) >= 11 is 0. The molecule has 7 heterocycles. The number of likely N-dealkylation sites (tertiary alicyclic amines) is 3. The molecule has 7 saturated heterocycles. The third kappa shape index (κ3) is 13.2. The molecule has 3 N–H and O–H groups in total. The zero-order valence-corrected chi connectivity index (χ0v) is 41.7. The van der Waals surface area contributed by atoms with Crippen molar-refractivity contribution < 1.29 is 71.3 Å². The van der Waals surface area contributed by atoms with E-state index in [9.17, 15) is 29.2 Å². The Balaban J connectivity index is 0.000000234. The standard InChI is InChI=1S/C27H42N4O8.C20H34N2O7/c1-17(2)25(34)37-21-15-35-27(24(23(21)36-18(3)32)38-26(4,5)39-27)16-30-11-8-19(9-12-30)29-14-22(33)31-10-6-7-20(31)13-28;1-12(2)18(24)27-15-10-25-20(11-22-8-6-14(21)7-9-22)17(16(15)26-13(3)23)28-19(4,5)29-20/h17,19-21,23-24,29H,6-12,14-16H2,1-5H3;12,14-17H,6-11,21H2,1-5H3/t20-,21+,23+,24-,27-;15-,16-,17+,20+/m01/s1. The third-order valence-corrected chi connectivity index (χ3v) is 13.3. The highest BCUT2D eigenvalue weighted by molar-refractivity contribution is 5.79. The van der Waals surface area contributed by atoms with E-state index in [-0.39, 0.29) is 61.6 Å². The summed E-state index contributed by atoms with van der Waals surface area (Å²) in [5, 5.41) is 12.6. The number of nitrogens with zero attached hydrogens (tertiary/aromatic N) is 4. The van der Waals surface area contributed by atoms with Gasteiger partial charge in [-0.3, -0.25) is 33.8 Å². The van der Waals surface area contributed by atoms with E-state index < -0.39 is 77.7 Å². The van der Waals surface area contributed by atoms with Crippen molar-refractivity contribution in [2.75, 3.05) is 65.6 Å². The summed E-state index contributed by atoms with van der Waals surface area (Å²) in [7, 11) is 0. The first kappa shape index (κ1) is 53.8. The van der Waals surface area contributed by atoms with Crippen LogP contribution in [0.3, 0.4) is 0 Å². The molecule has 384 valence electrons. The number of hydrogen-bond donors (Lipinski definition) is 2. The van der Waals surface area contributed by atoms with Crippen molar-refractivity contribution in [3.8, 4) is 6.07 Å². The van der Waals surface area contributed by atoms with E-state index in [1.54, 1.807) is 60.3 Å². The Labute approximate surface area is 400 Å². The van der Waals surface area contributed by atoms with Crippen LogP contribution in [0.15, 0.2) is 0 Å². The topological polar surface area (TPSA) is 249 Å². The number of nitrogens with one attached hydrogen (secondary N) is 1. The number of carbonyl (C=O) groups is 5. The van der Waals surface area contributed by atoms with Gasteiger partial charge in [0.1, 0.15) is 6.04 Å². The predicted octanol–water partition coefficient (Wildman–Crippen LogP) is 1.72.